The van der Waals surface area contributed by atoms with Crippen LogP contribution in [0.2, 0.25) is 0 Å². The molecule has 0 aliphatic rings. The summed E-state index contributed by atoms with van der Waals surface area (Å²) in [5, 5.41) is 0. The van der Waals surface area contributed by atoms with Crippen LogP contribution in [0.15, 0.2) is 18.5 Å². The number of nitrogens with zero attached hydrogens (tertiary/aromatic N) is 1. The minimum absolute atomic E-state index is 0.0470. The van der Waals surface area contributed by atoms with E-state index < -0.39 is 0 Å². The second-order valence-electron chi connectivity index (χ2n) is 5.77. The minimum atomic E-state index is -0.136. The molecule has 2 atom stereocenters. The summed E-state index contributed by atoms with van der Waals surface area (Å²) in [6.07, 6.45) is 3.44. The van der Waals surface area contributed by atoms with Gasteiger partial charge in [-0.1, -0.05) is 20.8 Å². The van der Waals surface area contributed by atoms with Crippen LogP contribution in [0, 0.1) is 5.41 Å². The van der Waals surface area contributed by atoms with Crippen molar-refractivity contribution >= 4 is 0 Å². The van der Waals surface area contributed by atoms with Crippen LogP contribution in [-0.2, 0) is 4.74 Å². The second kappa shape index (κ2) is 7.57. The highest BCUT2D eigenvalue weighted by atomic mass is 16.5. The summed E-state index contributed by atoms with van der Waals surface area (Å²) in [5.74, 6) is 6.50. The number of pyridine rings is 1. The Bertz CT molecular complexity index is 404. The van der Waals surface area contributed by atoms with E-state index in [2.05, 4.69) is 31.2 Å². The third kappa shape index (κ3) is 4.44. The Balaban J connectivity index is 3.06. The maximum Gasteiger partial charge on any atom is 0.137 e. The molecule has 0 spiro atoms. The van der Waals surface area contributed by atoms with E-state index in [0.29, 0.717) is 13.2 Å². The largest absolute Gasteiger partial charge is 0.492 e. The lowest BCUT2D eigenvalue weighted by Crippen LogP contribution is -2.44. The van der Waals surface area contributed by atoms with Gasteiger partial charge in [-0.05, 0) is 30.9 Å². The molecule has 5 nitrogen and oxygen atoms in total. The molecule has 2 unspecified atom stereocenters. The standard InChI is InChI=1S/C15H27N3O2/c1-6-19-12-8-11(9-17-10-12)13(18-16)14(20-7-2)15(3,4)5/h8-10,13-14,18H,6-7,16H2,1-5H3. The van der Waals surface area contributed by atoms with Gasteiger partial charge in [0, 0.05) is 12.8 Å². The van der Waals surface area contributed by atoms with Gasteiger partial charge in [-0.3, -0.25) is 16.3 Å². The van der Waals surface area contributed by atoms with E-state index in [-0.39, 0.29) is 17.6 Å². The molecular formula is C15H27N3O2. The maximum absolute atomic E-state index is 5.90. The summed E-state index contributed by atoms with van der Waals surface area (Å²) in [6, 6.07) is 1.82. The van der Waals surface area contributed by atoms with Gasteiger partial charge in [0.2, 0.25) is 0 Å². The summed E-state index contributed by atoms with van der Waals surface area (Å²) in [5.41, 5.74) is 3.78. The lowest BCUT2D eigenvalue weighted by Gasteiger charge is -2.36. The molecule has 0 aliphatic heterocycles. The second-order valence-corrected chi connectivity index (χ2v) is 5.77. The molecule has 1 aromatic rings. The zero-order valence-electron chi connectivity index (χ0n) is 13.1. The molecular weight excluding hydrogens is 254 g/mol. The van der Waals surface area contributed by atoms with Crippen LogP contribution in [0.3, 0.4) is 0 Å². The Morgan fingerprint density at radius 3 is 2.45 bits per heavy atom. The van der Waals surface area contributed by atoms with Gasteiger partial charge in [0.05, 0.1) is 24.9 Å². The quantitative estimate of drug-likeness (QED) is 0.593. The molecule has 1 heterocycles. The van der Waals surface area contributed by atoms with Crippen molar-refractivity contribution in [2.45, 2.75) is 46.8 Å². The van der Waals surface area contributed by atoms with Crippen LogP contribution < -0.4 is 16.0 Å². The highest BCUT2D eigenvalue weighted by molar-refractivity contribution is 5.27. The van der Waals surface area contributed by atoms with Crippen molar-refractivity contribution in [3.05, 3.63) is 24.0 Å². The first-order valence-corrected chi connectivity index (χ1v) is 7.09. The van der Waals surface area contributed by atoms with Crippen LogP contribution >= 0.6 is 0 Å². The minimum Gasteiger partial charge on any atom is -0.492 e. The first-order chi connectivity index (χ1) is 9.43. The Morgan fingerprint density at radius 1 is 1.25 bits per heavy atom. The van der Waals surface area contributed by atoms with Crippen molar-refractivity contribution in [1.82, 2.24) is 10.4 Å². The van der Waals surface area contributed by atoms with E-state index in [0.717, 1.165) is 11.3 Å². The van der Waals surface area contributed by atoms with Crippen molar-refractivity contribution in [3.8, 4) is 5.75 Å². The number of hydrogen-bond donors (Lipinski definition) is 2. The van der Waals surface area contributed by atoms with Crippen molar-refractivity contribution in [2.75, 3.05) is 13.2 Å². The molecule has 0 aliphatic carbocycles. The normalized spacial score (nSPS) is 14.9. The molecule has 0 aromatic carbocycles. The van der Waals surface area contributed by atoms with Gasteiger partial charge < -0.3 is 9.47 Å². The summed E-state index contributed by atoms with van der Waals surface area (Å²) in [6.45, 7) is 11.6. The van der Waals surface area contributed by atoms with Gasteiger partial charge in [0.1, 0.15) is 5.75 Å². The summed E-state index contributed by atoms with van der Waals surface area (Å²) >= 11 is 0. The Hall–Kier alpha value is -1.17. The fraction of sp³-hybridized carbons (Fsp3) is 0.667. The Kier molecular flexibility index (Phi) is 6.39. The van der Waals surface area contributed by atoms with E-state index in [1.807, 2.05) is 19.9 Å². The molecule has 0 saturated heterocycles. The summed E-state index contributed by atoms with van der Waals surface area (Å²) in [4.78, 5) is 4.22. The predicted octanol–water partition coefficient (Wildman–Crippen LogP) is 2.44. The van der Waals surface area contributed by atoms with Gasteiger partial charge in [-0.2, -0.15) is 0 Å². The molecule has 3 N–H and O–H groups in total. The smallest absolute Gasteiger partial charge is 0.137 e. The zero-order chi connectivity index (χ0) is 15.2. The van der Waals surface area contributed by atoms with Crippen molar-refractivity contribution in [1.29, 1.82) is 0 Å². The van der Waals surface area contributed by atoms with Crippen molar-refractivity contribution < 1.29 is 9.47 Å². The Morgan fingerprint density at radius 2 is 1.95 bits per heavy atom. The predicted molar refractivity (Wildman–Crippen MR) is 80.3 cm³/mol. The first-order valence-electron chi connectivity index (χ1n) is 7.09. The van der Waals surface area contributed by atoms with Gasteiger partial charge in [0.15, 0.2) is 0 Å². The number of nitrogens with two attached hydrogens (primary N) is 1. The van der Waals surface area contributed by atoms with Gasteiger partial charge in [-0.15, -0.1) is 0 Å². The van der Waals surface area contributed by atoms with Crippen LogP contribution in [0.4, 0.5) is 0 Å². The highest BCUT2D eigenvalue weighted by Gasteiger charge is 2.33. The van der Waals surface area contributed by atoms with E-state index in [9.17, 15) is 0 Å². The number of rotatable bonds is 7. The van der Waals surface area contributed by atoms with E-state index >= 15 is 0 Å². The maximum atomic E-state index is 5.90. The van der Waals surface area contributed by atoms with Gasteiger partial charge >= 0.3 is 0 Å². The SMILES string of the molecule is CCOc1cncc(C(NN)C(OCC)C(C)(C)C)c1. The fourth-order valence-electron chi connectivity index (χ4n) is 2.24. The molecule has 1 aromatic heterocycles. The molecule has 1 rings (SSSR count). The molecule has 0 radical (unpaired) electrons. The van der Waals surface area contributed by atoms with Crippen molar-refractivity contribution in [3.63, 3.8) is 0 Å². The molecule has 0 amide bonds. The third-order valence-corrected chi connectivity index (χ3v) is 3.09. The Labute approximate surface area is 121 Å². The highest BCUT2D eigenvalue weighted by Crippen LogP contribution is 2.33. The number of ether oxygens (including phenoxy) is 2. The lowest BCUT2D eigenvalue weighted by atomic mass is 9.82. The number of hydrazine groups is 1. The molecule has 114 valence electrons. The van der Waals surface area contributed by atoms with Gasteiger partial charge in [-0.25, -0.2) is 0 Å². The fourth-order valence-corrected chi connectivity index (χ4v) is 2.24. The molecule has 5 heteroatoms. The third-order valence-electron chi connectivity index (χ3n) is 3.09. The van der Waals surface area contributed by atoms with E-state index in [4.69, 9.17) is 15.3 Å². The van der Waals surface area contributed by atoms with Crippen LogP contribution in [0.1, 0.15) is 46.2 Å². The summed E-state index contributed by atoms with van der Waals surface area (Å²) in [7, 11) is 0. The van der Waals surface area contributed by atoms with E-state index in [1.54, 1.807) is 12.4 Å². The molecule has 0 fully saturated rings. The molecule has 20 heavy (non-hydrogen) atoms. The zero-order valence-corrected chi connectivity index (χ0v) is 13.1. The molecule has 0 bridgehead atoms. The molecule has 0 saturated carbocycles. The van der Waals surface area contributed by atoms with E-state index in [1.165, 1.54) is 0 Å². The topological polar surface area (TPSA) is 69.4 Å². The van der Waals surface area contributed by atoms with Crippen LogP contribution in [0.5, 0.6) is 5.75 Å². The average Bonchev–Trinajstić information content (AvgIpc) is 2.38. The first kappa shape index (κ1) is 16.9. The number of hydrogen-bond acceptors (Lipinski definition) is 5. The monoisotopic (exact) mass is 281 g/mol. The number of aromatic nitrogens is 1. The number of nitrogens with one attached hydrogen (secondary N) is 1. The average molecular weight is 281 g/mol. The van der Waals surface area contributed by atoms with Gasteiger partial charge in [0.25, 0.3) is 0 Å². The lowest BCUT2D eigenvalue weighted by molar-refractivity contribution is -0.0367. The van der Waals surface area contributed by atoms with Crippen molar-refractivity contribution in [2.24, 2.45) is 11.3 Å². The van der Waals surface area contributed by atoms with Crippen LogP contribution in [-0.4, -0.2) is 24.3 Å². The van der Waals surface area contributed by atoms with Crippen LogP contribution in [0.25, 0.3) is 0 Å². The summed E-state index contributed by atoms with van der Waals surface area (Å²) < 4.78 is 11.4.